The number of ether oxygens (including phenoxy) is 1. The van der Waals surface area contributed by atoms with Crippen LogP contribution in [0.25, 0.3) is 10.9 Å². The van der Waals surface area contributed by atoms with Gasteiger partial charge in [-0.05, 0) is 57.2 Å². The molecule has 0 bridgehead atoms. The van der Waals surface area contributed by atoms with Gasteiger partial charge in [0.25, 0.3) is 0 Å². The molecule has 1 N–H and O–H groups in total. The highest BCUT2D eigenvalue weighted by molar-refractivity contribution is 8.00. The van der Waals surface area contributed by atoms with Crippen molar-refractivity contribution in [1.29, 1.82) is 0 Å². The van der Waals surface area contributed by atoms with Crippen LogP contribution in [0.1, 0.15) is 52.2 Å². The van der Waals surface area contributed by atoms with E-state index >= 15 is 0 Å². The molecule has 2 aromatic heterocycles. The van der Waals surface area contributed by atoms with Crippen molar-refractivity contribution >= 4 is 50.9 Å². The second kappa shape index (κ2) is 10.5. The number of carbonyl (C=O) groups excluding carboxylic acids is 2. The molecule has 0 saturated carbocycles. The molecule has 1 unspecified atom stereocenters. The Morgan fingerprint density at radius 3 is 2.81 bits per heavy atom. The van der Waals surface area contributed by atoms with E-state index in [0.717, 1.165) is 47.2 Å². The minimum atomic E-state index is -0.341. The van der Waals surface area contributed by atoms with Gasteiger partial charge in [0.15, 0.2) is 0 Å². The SMILES string of the molecule is CCOC(=O)c1c(NC(=O)C(C)Sc2cn(Cc3cccc(C)c3)c3ccccc23)sc2c1CCC2. The number of benzene rings is 2. The second-order valence-electron chi connectivity index (χ2n) is 9.16. The number of thiophene rings is 1. The molecule has 186 valence electrons. The topological polar surface area (TPSA) is 60.3 Å². The number of thioether (sulfide) groups is 1. The molecule has 36 heavy (non-hydrogen) atoms. The average molecular weight is 519 g/mol. The van der Waals surface area contributed by atoms with Crippen molar-refractivity contribution in [2.45, 2.75) is 56.7 Å². The number of hydrogen-bond acceptors (Lipinski definition) is 5. The molecule has 0 aliphatic heterocycles. The Morgan fingerprint density at radius 2 is 2.00 bits per heavy atom. The predicted molar refractivity (Wildman–Crippen MR) is 148 cm³/mol. The maximum absolute atomic E-state index is 13.3. The number of para-hydroxylation sites is 1. The first-order valence-corrected chi connectivity index (χ1v) is 14.1. The van der Waals surface area contributed by atoms with Gasteiger partial charge in [-0.25, -0.2) is 4.79 Å². The molecule has 5 nitrogen and oxygen atoms in total. The largest absolute Gasteiger partial charge is 0.462 e. The van der Waals surface area contributed by atoms with Crippen LogP contribution in [0.5, 0.6) is 0 Å². The van der Waals surface area contributed by atoms with E-state index in [1.165, 1.54) is 27.3 Å². The maximum Gasteiger partial charge on any atom is 0.341 e. The van der Waals surface area contributed by atoms with Crippen LogP contribution in [0.4, 0.5) is 5.00 Å². The van der Waals surface area contributed by atoms with Crippen LogP contribution in [0.2, 0.25) is 0 Å². The number of nitrogens with zero attached hydrogens (tertiary/aromatic N) is 1. The van der Waals surface area contributed by atoms with Gasteiger partial charge in [-0.15, -0.1) is 23.1 Å². The lowest BCUT2D eigenvalue weighted by Gasteiger charge is -2.12. The molecule has 2 aromatic carbocycles. The first-order valence-electron chi connectivity index (χ1n) is 12.4. The van der Waals surface area contributed by atoms with E-state index in [0.29, 0.717) is 17.2 Å². The van der Waals surface area contributed by atoms with Gasteiger partial charge >= 0.3 is 5.97 Å². The third-order valence-electron chi connectivity index (χ3n) is 6.50. The molecule has 1 aliphatic carbocycles. The normalized spacial score (nSPS) is 13.5. The summed E-state index contributed by atoms with van der Waals surface area (Å²) in [6.07, 6.45) is 5.00. The van der Waals surface area contributed by atoms with Gasteiger partial charge in [0.1, 0.15) is 5.00 Å². The van der Waals surface area contributed by atoms with Crippen LogP contribution < -0.4 is 5.32 Å². The van der Waals surface area contributed by atoms with Gasteiger partial charge in [-0.3, -0.25) is 4.79 Å². The monoisotopic (exact) mass is 518 g/mol. The zero-order valence-electron chi connectivity index (χ0n) is 20.8. The summed E-state index contributed by atoms with van der Waals surface area (Å²) in [4.78, 5) is 28.2. The van der Waals surface area contributed by atoms with E-state index in [-0.39, 0.29) is 17.1 Å². The molecule has 5 rings (SSSR count). The van der Waals surface area contributed by atoms with E-state index in [2.05, 4.69) is 59.4 Å². The number of aryl methyl sites for hydroxylation is 2. The molecule has 2 heterocycles. The maximum atomic E-state index is 13.3. The van der Waals surface area contributed by atoms with E-state index in [1.807, 2.05) is 19.1 Å². The predicted octanol–water partition coefficient (Wildman–Crippen LogP) is 6.84. The molecule has 0 saturated heterocycles. The highest BCUT2D eigenvalue weighted by Gasteiger charge is 2.29. The minimum Gasteiger partial charge on any atom is -0.462 e. The van der Waals surface area contributed by atoms with E-state index in [1.54, 1.807) is 18.7 Å². The zero-order valence-corrected chi connectivity index (χ0v) is 22.4. The van der Waals surface area contributed by atoms with Crippen molar-refractivity contribution in [2.75, 3.05) is 11.9 Å². The molecule has 0 fully saturated rings. The fourth-order valence-electron chi connectivity index (χ4n) is 4.81. The Balaban J connectivity index is 1.36. The Labute approximate surface area is 219 Å². The third-order valence-corrected chi connectivity index (χ3v) is 8.85. The van der Waals surface area contributed by atoms with Crippen LogP contribution in [0, 0.1) is 6.92 Å². The summed E-state index contributed by atoms with van der Waals surface area (Å²) >= 11 is 3.06. The summed E-state index contributed by atoms with van der Waals surface area (Å²) in [5.41, 5.74) is 5.23. The molecule has 4 aromatic rings. The molecule has 1 atom stereocenters. The molecule has 1 amide bonds. The Morgan fingerprint density at radius 1 is 1.17 bits per heavy atom. The van der Waals surface area contributed by atoms with Crippen LogP contribution in [-0.2, 0) is 28.9 Å². The Hall–Kier alpha value is -3.03. The number of anilines is 1. The van der Waals surface area contributed by atoms with Crippen LogP contribution in [0.3, 0.4) is 0 Å². The second-order valence-corrected chi connectivity index (χ2v) is 11.6. The van der Waals surface area contributed by atoms with Gasteiger partial charge in [0, 0.05) is 33.4 Å². The van der Waals surface area contributed by atoms with Crippen molar-refractivity contribution in [3.8, 4) is 0 Å². The molecule has 7 heteroatoms. The first kappa shape index (κ1) is 24.7. The number of aromatic nitrogens is 1. The Kier molecular flexibility index (Phi) is 7.21. The quantitative estimate of drug-likeness (QED) is 0.205. The summed E-state index contributed by atoms with van der Waals surface area (Å²) in [7, 11) is 0. The smallest absolute Gasteiger partial charge is 0.341 e. The number of rotatable bonds is 8. The van der Waals surface area contributed by atoms with Gasteiger partial charge in [-0.1, -0.05) is 48.0 Å². The average Bonchev–Trinajstić information content (AvgIpc) is 3.53. The van der Waals surface area contributed by atoms with Crippen molar-refractivity contribution in [1.82, 2.24) is 4.57 Å². The van der Waals surface area contributed by atoms with Crippen molar-refractivity contribution in [3.05, 3.63) is 81.9 Å². The van der Waals surface area contributed by atoms with Crippen molar-refractivity contribution < 1.29 is 14.3 Å². The minimum absolute atomic E-state index is 0.110. The molecule has 1 aliphatic rings. The molecule has 0 spiro atoms. The van der Waals surface area contributed by atoms with E-state index in [9.17, 15) is 9.59 Å². The highest BCUT2D eigenvalue weighted by atomic mass is 32.2. The first-order chi connectivity index (χ1) is 17.4. The van der Waals surface area contributed by atoms with E-state index in [4.69, 9.17) is 4.74 Å². The number of nitrogens with one attached hydrogen (secondary N) is 1. The fraction of sp³-hybridized carbons (Fsp3) is 0.310. The number of esters is 1. The standard InChI is InChI=1S/C29H30N2O3S2/c1-4-34-29(33)26-22-12-8-14-24(22)36-28(26)30-27(32)19(3)35-25-17-31(23-13-6-5-11-21(23)25)16-20-10-7-9-18(2)15-20/h5-7,9-11,13,15,17,19H,4,8,12,14,16H2,1-3H3,(H,30,32). The number of fused-ring (bicyclic) bond motifs is 2. The number of carbonyl (C=O) groups is 2. The highest BCUT2D eigenvalue weighted by Crippen LogP contribution is 2.40. The summed E-state index contributed by atoms with van der Waals surface area (Å²) in [5, 5.41) is 4.47. The molecule has 0 radical (unpaired) electrons. The van der Waals surface area contributed by atoms with Crippen LogP contribution >= 0.6 is 23.1 Å². The number of hydrogen-bond donors (Lipinski definition) is 1. The van der Waals surface area contributed by atoms with Gasteiger partial charge in [0.05, 0.1) is 17.4 Å². The van der Waals surface area contributed by atoms with E-state index < -0.39 is 0 Å². The van der Waals surface area contributed by atoms with Gasteiger partial charge in [-0.2, -0.15) is 0 Å². The number of amides is 1. The van der Waals surface area contributed by atoms with Crippen molar-refractivity contribution in [2.24, 2.45) is 0 Å². The summed E-state index contributed by atoms with van der Waals surface area (Å²) in [6, 6.07) is 16.9. The lowest BCUT2D eigenvalue weighted by Crippen LogP contribution is -2.23. The molecular weight excluding hydrogens is 488 g/mol. The fourth-order valence-corrected chi connectivity index (χ4v) is 7.13. The van der Waals surface area contributed by atoms with Crippen molar-refractivity contribution in [3.63, 3.8) is 0 Å². The summed E-state index contributed by atoms with van der Waals surface area (Å²) < 4.78 is 7.56. The van der Waals surface area contributed by atoms with Gasteiger partial charge in [0.2, 0.25) is 5.91 Å². The van der Waals surface area contributed by atoms with Crippen LogP contribution in [-0.4, -0.2) is 28.3 Å². The van der Waals surface area contributed by atoms with Crippen LogP contribution in [0.15, 0.2) is 59.6 Å². The lowest BCUT2D eigenvalue weighted by molar-refractivity contribution is -0.115. The summed E-state index contributed by atoms with van der Waals surface area (Å²) in [6.45, 7) is 6.91. The van der Waals surface area contributed by atoms with Gasteiger partial charge < -0.3 is 14.6 Å². The lowest BCUT2D eigenvalue weighted by atomic mass is 10.1. The molecular formula is C29H30N2O3S2. The summed E-state index contributed by atoms with van der Waals surface area (Å²) in [5.74, 6) is -0.451. The Bertz CT molecular complexity index is 1440. The third kappa shape index (κ3) is 4.95. The zero-order chi connectivity index (χ0) is 25.2.